The molecule has 1 aromatic rings. The summed E-state index contributed by atoms with van der Waals surface area (Å²) in [4.78, 5) is 5.45. The van der Waals surface area contributed by atoms with Crippen molar-refractivity contribution in [1.82, 2.24) is 9.80 Å². The van der Waals surface area contributed by atoms with Gasteiger partial charge in [-0.25, -0.2) is 0 Å². The average Bonchev–Trinajstić information content (AvgIpc) is 2.85. The van der Waals surface area contributed by atoms with Gasteiger partial charge in [-0.15, -0.1) is 0 Å². The lowest BCUT2D eigenvalue weighted by atomic mass is 10.0. The van der Waals surface area contributed by atoms with Crippen LogP contribution in [0.1, 0.15) is 37.3 Å². The first kappa shape index (κ1) is 13.1. The highest BCUT2D eigenvalue weighted by Crippen LogP contribution is 2.27. The van der Waals surface area contributed by atoms with Crippen LogP contribution >= 0.6 is 0 Å². The molecular weight excluding hydrogens is 232 g/mol. The molecule has 2 nitrogen and oxygen atoms in total. The summed E-state index contributed by atoms with van der Waals surface area (Å²) in [5.41, 5.74) is 2.86. The predicted octanol–water partition coefficient (Wildman–Crippen LogP) is 3.05. The SMILES string of the molecule is CCC1CN2CCCC2CN1Cc1cccc(C)c1. The fourth-order valence-electron chi connectivity index (χ4n) is 3.77. The molecule has 0 N–H and O–H groups in total. The molecule has 2 aliphatic heterocycles. The molecule has 0 bridgehead atoms. The van der Waals surface area contributed by atoms with E-state index in [1.807, 2.05) is 0 Å². The topological polar surface area (TPSA) is 6.48 Å². The van der Waals surface area contributed by atoms with Gasteiger partial charge in [-0.05, 0) is 38.3 Å². The molecule has 0 saturated carbocycles. The van der Waals surface area contributed by atoms with E-state index in [4.69, 9.17) is 0 Å². The number of fused-ring (bicyclic) bond motifs is 1. The van der Waals surface area contributed by atoms with Gasteiger partial charge in [0.25, 0.3) is 0 Å². The van der Waals surface area contributed by atoms with Crippen molar-refractivity contribution in [3.8, 4) is 0 Å². The zero-order valence-corrected chi connectivity index (χ0v) is 12.3. The number of nitrogens with zero attached hydrogens (tertiary/aromatic N) is 2. The van der Waals surface area contributed by atoms with Crippen LogP contribution in [0, 0.1) is 6.92 Å². The molecule has 2 saturated heterocycles. The average molecular weight is 258 g/mol. The molecule has 0 radical (unpaired) electrons. The largest absolute Gasteiger partial charge is 0.298 e. The Morgan fingerprint density at radius 1 is 1.26 bits per heavy atom. The van der Waals surface area contributed by atoms with Crippen LogP contribution in [0.25, 0.3) is 0 Å². The van der Waals surface area contributed by atoms with Crippen LogP contribution in [-0.2, 0) is 6.54 Å². The van der Waals surface area contributed by atoms with E-state index in [1.54, 1.807) is 0 Å². The second kappa shape index (κ2) is 5.64. The molecule has 104 valence electrons. The van der Waals surface area contributed by atoms with Crippen molar-refractivity contribution < 1.29 is 0 Å². The number of hydrogen-bond acceptors (Lipinski definition) is 2. The Labute approximate surface area is 117 Å². The van der Waals surface area contributed by atoms with Gasteiger partial charge in [-0.1, -0.05) is 36.8 Å². The van der Waals surface area contributed by atoms with Crippen LogP contribution in [0.15, 0.2) is 24.3 Å². The Balaban J connectivity index is 1.71. The molecule has 1 aromatic carbocycles. The summed E-state index contributed by atoms with van der Waals surface area (Å²) in [6.45, 7) is 9.55. The normalized spacial score (nSPS) is 28.5. The van der Waals surface area contributed by atoms with E-state index in [9.17, 15) is 0 Å². The lowest BCUT2D eigenvalue weighted by Crippen LogP contribution is -2.55. The standard InChI is InChI=1S/C17H26N2/c1-3-16-12-18-9-5-8-17(18)13-19(16)11-15-7-4-6-14(2)10-15/h4,6-7,10,16-17H,3,5,8-9,11-13H2,1-2H3. The first-order valence-electron chi connectivity index (χ1n) is 7.80. The molecule has 0 aliphatic carbocycles. The first-order chi connectivity index (χ1) is 9.26. The zero-order valence-electron chi connectivity index (χ0n) is 12.3. The molecule has 2 unspecified atom stereocenters. The van der Waals surface area contributed by atoms with Crippen molar-refractivity contribution in [2.45, 2.75) is 51.7 Å². The Morgan fingerprint density at radius 3 is 2.95 bits per heavy atom. The summed E-state index contributed by atoms with van der Waals surface area (Å²) in [5, 5.41) is 0. The van der Waals surface area contributed by atoms with E-state index in [0.717, 1.165) is 18.6 Å². The fourth-order valence-corrected chi connectivity index (χ4v) is 3.77. The third-order valence-electron chi connectivity index (χ3n) is 4.85. The minimum Gasteiger partial charge on any atom is -0.298 e. The molecule has 2 aliphatic rings. The van der Waals surface area contributed by atoms with Crippen LogP contribution < -0.4 is 0 Å². The van der Waals surface area contributed by atoms with Gasteiger partial charge in [0.15, 0.2) is 0 Å². The maximum absolute atomic E-state index is 2.72. The predicted molar refractivity (Wildman–Crippen MR) is 80.3 cm³/mol. The van der Waals surface area contributed by atoms with Gasteiger partial charge >= 0.3 is 0 Å². The highest BCUT2D eigenvalue weighted by molar-refractivity contribution is 5.22. The van der Waals surface area contributed by atoms with Crippen molar-refractivity contribution in [2.24, 2.45) is 0 Å². The van der Waals surface area contributed by atoms with Crippen LogP contribution in [0.2, 0.25) is 0 Å². The Hall–Kier alpha value is -0.860. The van der Waals surface area contributed by atoms with Crippen molar-refractivity contribution >= 4 is 0 Å². The van der Waals surface area contributed by atoms with E-state index in [0.29, 0.717) is 0 Å². The first-order valence-corrected chi connectivity index (χ1v) is 7.80. The molecular formula is C17H26N2. The quantitative estimate of drug-likeness (QED) is 0.822. The lowest BCUT2D eigenvalue weighted by Gasteiger charge is -2.43. The number of aryl methyl sites for hydroxylation is 1. The third-order valence-corrected chi connectivity index (χ3v) is 4.85. The highest BCUT2D eigenvalue weighted by Gasteiger charge is 2.35. The minimum atomic E-state index is 0.745. The summed E-state index contributed by atoms with van der Waals surface area (Å²) in [6, 6.07) is 10.6. The number of rotatable bonds is 3. The molecule has 0 spiro atoms. The van der Waals surface area contributed by atoms with Gasteiger partial charge in [0.2, 0.25) is 0 Å². The van der Waals surface area contributed by atoms with Crippen molar-refractivity contribution in [3.05, 3.63) is 35.4 Å². The van der Waals surface area contributed by atoms with Crippen LogP contribution in [0.4, 0.5) is 0 Å². The van der Waals surface area contributed by atoms with E-state index in [2.05, 4.69) is 47.9 Å². The van der Waals surface area contributed by atoms with Crippen LogP contribution in [0.5, 0.6) is 0 Å². The van der Waals surface area contributed by atoms with Gasteiger partial charge < -0.3 is 0 Å². The van der Waals surface area contributed by atoms with E-state index >= 15 is 0 Å². The number of piperazine rings is 1. The second-order valence-electron chi connectivity index (χ2n) is 6.27. The molecule has 2 heterocycles. The van der Waals surface area contributed by atoms with E-state index in [1.165, 1.54) is 50.0 Å². The molecule has 3 rings (SSSR count). The van der Waals surface area contributed by atoms with Gasteiger partial charge in [0.1, 0.15) is 0 Å². The summed E-state index contributed by atoms with van der Waals surface area (Å²) in [7, 11) is 0. The zero-order chi connectivity index (χ0) is 13.2. The van der Waals surface area contributed by atoms with E-state index in [-0.39, 0.29) is 0 Å². The number of hydrogen-bond donors (Lipinski definition) is 0. The summed E-state index contributed by atoms with van der Waals surface area (Å²) < 4.78 is 0. The Bertz CT molecular complexity index is 429. The summed E-state index contributed by atoms with van der Waals surface area (Å²) in [6.07, 6.45) is 4.08. The molecule has 2 fully saturated rings. The van der Waals surface area contributed by atoms with Crippen molar-refractivity contribution in [2.75, 3.05) is 19.6 Å². The van der Waals surface area contributed by atoms with E-state index < -0.39 is 0 Å². The molecule has 19 heavy (non-hydrogen) atoms. The minimum absolute atomic E-state index is 0.745. The van der Waals surface area contributed by atoms with Gasteiger partial charge in [0, 0.05) is 31.7 Å². The molecule has 0 amide bonds. The van der Waals surface area contributed by atoms with Crippen molar-refractivity contribution in [1.29, 1.82) is 0 Å². The maximum atomic E-state index is 2.72. The number of benzene rings is 1. The Morgan fingerprint density at radius 2 is 2.16 bits per heavy atom. The van der Waals surface area contributed by atoms with Crippen LogP contribution in [0.3, 0.4) is 0 Å². The molecule has 2 atom stereocenters. The van der Waals surface area contributed by atoms with Crippen molar-refractivity contribution in [3.63, 3.8) is 0 Å². The maximum Gasteiger partial charge on any atom is 0.0237 e. The Kier molecular flexibility index (Phi) is 3.90. The molecule has 0 aromatic heterocycles. The van der Waals surface area contributed by atoms with Crippen LogP contribution in [-0.4, -0.2) is 41.5 Å². The van der Waals surface area contributed by atoms with Gasteiger partial charge in [0.05, 0.1) is 0 Å². The third kappa shape index (κ3) is 2.85. The lowest BCUT2D eigenvalue weighted by molar-refractivity contribution is 0.0437. The smallest absolute Gasteiger partial charge is 0.0237 e. The summed E-state index contributed by atoms with van der Waals surface area (Å²) >= 11 is 0. The summed E-state index contributed by atoms with van der Waals surface area (Å²) in [5.74, 6) is 0. The van der Waals surface area contributed by atoms with Gasteiger partial charge in [-0.2, -0.15) is 0 Å². The molecule has 2 heteroatoms. The fraction of sp³-hybridized carbons (Fsp3) is 0.647. The van der Waals surface area contributed by atoms with Gasteiger partial charge in [-0.3, -0.25) is 9.80 Å². The highest BCUT2D eigenvalue weighted by atomic mass is 15.3. The second-order valence-corrected chi connectivity index (χ2v) is 6.27. The monoisotopic (exact) mass is 258 g/mol.